The van der Waals surface area contributed by atoms with Crippen molar-refractivity contribution in [2.45, 2.75) is 37.9 Å². The highest BCUT2D eigenvalue weighted by molar-refractivity contribution is 9.09. The molecule has 1 atom stereocenters. The molecule has 1 rings (SSSR count). The Morgan fingerprint density at radius 1 is 1.46 bits per heavy atom. The number of rotatable bonds is 5. The second-order valence-corrected chi connectivity index (χ2v) is 7.81. The zero-order chi connectivity index (χ0) is 10.1. The van der Waals surface area contributed by atoms with Crippen LogP contribution in [0.15, 0.2) is 0 Å². The average Bonchev–Trinajstić information content (AvgIpc) is 2.82. The zero-order valence-corrected chi connectivity index (χ0v) is 10.6. The molecule has 0 aromatic heterocycles. The van der Waals surface area contributed by atoms with Crippen molar-refractivity contribution < 1.29 is 8.42 Å². The number of sulfone groups is 1. The minimum atomic E-state index is -2.77. The van der Waals surface area contributed by atoms with E-state index in [9.17, 15) is 8.42 Å². The molecular formula is C9H17BrO2S. The highest BCUT2D eigenvalue weighted by Gasteiger charge is 2.46. The Kier molecular flexibility index (Phi) is 3.44. The summed E-state index contributed by atoms with van der Waals surface area (Å²) in [5.41, 5.74) is 0.294. The molecule has 1 unspecified atom stereocenters. The van der Waals surface area contributed by atoms with Crippen LogP contribution in [0.2, 0.25) is 0 Å². The van der Waals surface area contributed by atoms with E-state index in [1.54, 1.807) is 6.92 Å². The number of hydrogen-bond acceptors (Lipinski definition) is 2. The van der Waals surface area contributed by atoms with Crippen molar-refractivity contribution >= 4 is 25.8 Å². The molecule has 0 aromatic rings. The Morgan fingerprint density at radius 2 is 2.00 bits per heavy atom. The first-order chi connectivity index (χ1) is 5.92. The molecule has 0 heterocycles. The summed E-state index contributed by atoms with van der Waals surface area (Å²) in [6.07, 6.45) is 3.19. The standard InChI is InChI=1S/C9H17BrO2S/c1-3-13(11,12)7-6-9(4-5-9)8(2)10/h8H,3-7H2,1-2H3. The summed E-state index contributed by atoms with van der Waals surface area (Å²) in [4.78, 5) is 0.451. The van der Waals surface area contributed by atoms with Crippen molar-refractivity contribution in [1.29, 1.82) is 0 Å². The van der Waals surface area contributed by atoms with Crippen molar-refractivity contribution in [2.24, 2.45) is 5.41 Å². The summed E-state index contributed by atoms with van der Waals surface area (Å²) in [6, 6.07) is 0. The van der Waals surface area contributed by atoms with E-state index in [0.717, 1.165) is 6.42 Å². The predicted octanol–water partition coefficient (Wildman–Crippen LogP) is 2.37. The van der Waals surface area contributed by atoms with Crippen LogP contribution in [0.3, 0.4) is 0 Å². The van der Waals surface area contributed by atoms with Gasteiger partial charge in [-0.1, -0.05) is 29.8 Å². The van der Waals surface area contributed by atoms with Crippen molar-refractivity contribution in [3.05, 3.63) is 0 Å². The van der Waals surface area contributed by atoms with Gasteiger partial charge < -0.3 is 0 Å². The smallest absolute Gasteiger partial charge is 0.150 e. The van der Waals surface area contributed by atoms with Gasteiger partial charge in [0.1, 0.15) is 9.84 Å². The first-order valence-electron chi connectivity index (χ1n) is 4.76. The topological polar surface area (TPSA) is 34.1 Å². The molecule has 4 heteroatoms. The fraction of sp³-hybridized carbons (Fsp3) is 1.00. The minimum absolute atomic E-state index is 0.278. The first kappa shape index (κ1) is 11.5. The second kappa shape index (κ2) is 3.89. The molecule has 0 N–H and O–H groups in total. The third-order valence-corrected chi connectivity index (χ3v) is 5.76. The number of halogens is 1. The minimum Gasteiger partial charge on any atom is -0.229 e. The van der Waals surface area contributed by atoms with Crippen molar-refractivity contribution in [3.8, 4) is 0 Å². The van der Waals surface area contributed by atoms with Crippen molar-refractivity contribution in [2.75, 3.05) is 11.5 Å². The van der Waals surface area contributed by atoms with E-state index < -0.39 is 9.84 Å². The van der Waals surface area contributed by atoms with E-state index in [1.807, 2.05) is 0 Å². The molecule has 0 bridgehead atoms. The highest BCUT2D eigenvalue weighted by atomic mass is 79.9. The van der Waals surface area contributed by atoms with Crippen LogP contribution in [-0.4, -0.2) is 24.8 Å². The van der Waals surface area contributed by atoms with E-state index >= 15 is 0 Å². The van der Waals surface area contributed by atoms with Crippen LogP contribution >= 0.6 is 15.9 Å². The fourth-order valence-corrected chi connectivity index (χ4v) is 3.20. The van der Waals surface area contributed by atoms with Crippen LogP contribution < -0.4 is 0 Å². The van der Waals surface area contributed by atoms with Gasteiger partial charge in [-0.15, -0.1) is 0 Å². The summed E-state index contributed by atoms with van der Waals surface area (Å²) < 4.78 is 22.6. The van der Waals surface area contributed by atoms with Crippen LogP contribution in [0.4, 0.5) is 0 Å². The molecule has 0 saturated heterocycles. The molecule has 0 amide bonds. The number of hydrogen-bond donors (Lipinski definition) is 0. The lowest BCUT2D eigenvalue weighted by molar-refractivity contribution is 0.488. The van der Waals surface area contributed by atoms with E-state index in [0.29, 0.717) is 16.0 Å². The molecule has 1 aliphatic carbocycles. The third-order valence-electron chi connectivity index (χ3n) is 3.09. The Labute approximate surface area is 89.1 Å². The third kappa shape index (κ3) is 2.94. The monoisotopic (exact) mass is 268 g/mol. The molecule has 1 saturated carbocycles. The first-order valence-corrected chi connectivity index (χ1v) is 7.50. The van der Waals surface area contributed by atoms with Gasteiger partial charge in [-0.3, -0.25) is 0 Å². The lowest BCUT2D eigenvalue weighted by Gasteiger charge is -2.17. The largest absolute Gasteiger partial charge is 0.229 e. The summed E-state index contributed by atoms with van der Waals surface area (Å²) in [5, 5.41) is 0. The van der Waals surface area contributed by atoms with Crippen LogP contribution in [0.1, 0.15) is 33.1 Å². The van der Waals surface area contributed by atoms with E-state index in [1.165, 1.54) is 12.8 Å². The van der Waals surface area contributed by atoms with Gasteiger partial charge in [0.25, 0.3) is 0 Å². The van der Waals surface area contributed by atoms with Crippen LogP contribution in [0, 0.1) is 5.41 Å². The Hall–Kier alpha value is 0.430. The Morgan fingerprint density at radius 3 is 2.31 bits per heavy atom. The second-order valence-electron chi connectivity index (χ2n) is 3.96. The SMILES string of the molecule is CCS(=O)(=O)CCC1(C(C)Br)CC1. The maximum atomic E-state index is 11.3. The summed E-state index contributed by atoms with van der Waals surface area (Å²) in [6.45, 7) is 3.83. The van der Waals surface area contributed by atoms with Gasteiger partial charge in [-0.25, -0.2) is 8.42 Å². The summed E-state index contributed by atoms with van der Waals surface area (Å²) in [5.74, 6) is 0.638. The molecule has 2 nitrogen and oxygen atoms in total. The highest BCUT2D eigenvalue weighted by Crippen LogP contribution is 2.54. The van der Waals surface area contributed by atoms with Crippen LogP contribution in [0.25, 0.3) is 0 Å². The molecule has 0 aliphatic heterocycles. The molecule has 13 heavy (non-hydrogen) atoms. The molecule has 0 radical (unpaired) electrons. The molecular weight excluding hydrogens is 252 g/mol. The van der Waals surface area contributed by atoms with E-state index in [2.05, 4.69) is 22.9 Å². The summed E-state index contributed by atoms with van der Waals surface area (Å²) >= 11 is 3.55. The van der Waals surface area contributed by atoms with Crippen molar-refractivity contribution in [1.82, 2.24) is 0 Å². The normalized spacial score (nSPS) is 22.7. The average molecular weight is 269 g/mol. The quantitative estimate of drug-likeness (QED) is 0.718. The lowest BCUT2D eigenvalue weighted by atomic mass is 10.0. The molecule has 1 fully saturated rings. The van der Waals surface area contributed by atoms with E-state index in [-0.39, 0.29) is 5.75 Å². The summed E-state index contributed by atoms with van der Waals surface area (Å²) in [7, 11) is -2.77. The fourth-order valence-electron chi connectivity index (χ4n) is 1.51. The maximum Gasteiger partial charge on any atom is 0.150 e. The van der Waals surface area contributed by atoms with Crippen LogP contribution in [0.5, 0.6) is 0 Å². The zero-order valence-electron chi connectivity index (χ0n) is 8.22. The molecule has 1 aliphatic rings. The van der Waals surface area contributed by atoms with Crippen LogP contribution in [-0.2, 0) is 9.84 Å². The van der Waals surface area contributed by atoms with Gasteiger partial charge in [0, 0.05) is 10.6 Å². The predicted molar refractivity (Wildman–Crippen MR) is 59.0 cm³/mol. The Bertz CT molecular complexity index is 265. The molecule has 78 valence electrons. The molecule has 0 spiro atoms. The maximum absolute atomic E-state index is 11.3. The van der Waals surface area contributed by atoms with Gasteiger partial charge in [-0.2, -0.15) is 0 Å². The lowest BCUT2D eigenvalue weighted by Crippen LogP contribution is -2.18. The van der Waals surface area contributed by atoms with Crippen molar-refractivity contribution in [3.63, 3.8) is 0 Å². The molecule has 0 aromatic carbocycles. The Balaban J connectivity index is 2.44. The van der Waals surface area contributed by atoms with Gasteiger partial charge in [-0.05, 0) is 24.7 Å². The van der Waals surface area contributed by atoms with Gasteiger partial charge in [0.05, 0.1) is 5.75 Å². The number of alkyl halides is 1. The van der Waals surface area contributed by atoms with Gasteiger partial charge in [0.15, 0.2) is 0 Å². The van der Waals surface area contributed by atoms with Gasteiger partial charge in [0.2, 0.25) is 0 Å². The van der Waals surface area contributed by atoms with E-state index in [4.69, 9.17) is 0 Å². The van der Waals surface area contributed by atoms with Gasteiger partial charge >= 0.3 is 0 Å².